The molecule has 2 N–H and O–H groups in total. The van der Waals surface area contributed by atoms with E-state index in [4.69, 9.17) is 4.74 Å². The summed E-state index contributed by atoms with van der Waals surface area (Å²) in [6.45, 7) is 4.67. The van der Waals surface area contributed by atoms with E-state index < -0.39 is 0 Å². The topological polar surface area (TPSA) is 59.1 Å². The van der Waals surface area contributed by atoms with Gasteiger partial charge in [0.15, 0.2) is 0 Å². The molecular formula is C20H22N4O. The lowest BCUT2D eigenvalue weighted by atomic mass is 10.1. The zero-order valence-corrected chi connectivity index (χ0v) is 14.4. The summed E-state index contributed by atoms with van der Waals surface area (Å²) in [5.74, 6) is 2.09. The second-order valence-corrected chi connectivity index (χ2v) is 5.60. The van der Waals surface area contributed by atoms with Crippen LogP contribution >= 0.6 is 0 Å². The monoisotopic (exact) mass is 334 g/mol. The Morgan fingerprint density at radius 2 is 1.76 bits per heavy atom. The van der Waals surface area contributed by atoms with Crippen molar-refractivity contribution < 1.29 is 4.74 Å². The summed E-state index contributed by atoms with van der Waals surface area (Å²) >= 11 is 0. The molecule has 0 radical (unpaired) electrons. The number of nitrogens with one attached hydrogen (secondary N) is 2. The Kier molecular flexibility index (Phi) is 5.46. The number of hydrogen-bond acceptors (Lipinski definition) is 5. The number of hydrogen-bond donors (Lipinski definition) is 2. The van der Waals surface area contributed by atoms with E-state index in [0.29, 0.717) is 18.4 Å². The van der Waals surface area contributed by atoms with Gasteiger partial charge in [0.05, 0.1) is 18.3 Å². The molecule has 0 fully saturated rings. The summed E-state index contributed by atoms with van der Waals surface area (Å²) in [4.78, 5) is 8.86. The summed E-state index contributed by atoms with van der Waals surface area (Å²) in [5, 5.41) is 6.63. The minimum atomic E-state index is 0.118. The van der Waals surface area contributed by atoms with Crippen LogP contribution in [-0.2, 0) is 0 Å². The van der Waals surface area contributed by atoms with E-state index in [0.717, 1.165) is 11.4 Å². The second-order valence-electron chi connectivity index (χ2n) is 5.60. The SMILES string of the molecule is CCOc1ccccc1Nc1ccnc(NC(C)c2ccccc2)n1. The Bertz CT molecular complexity index is 808. The van der Waals surface area contributed by atoms with Crippen LogP contribution in [0.4, 0.5) is 17.5 Å². The minimum Gasteiger partial charge on any atom is -0.492 e. The molecule has 0 aliphatic carbocycles. The van der Waals surface area contributed by atoms with Crippen molar-refractivity contribution in [2.75, 3.05) is 17.2 Å². The lowest BCUT2D eigenvalue weighted by Crippen LogP contribution is -2.10. The summed E-state index contributed by atoms with van der Waals surface area (Å²) in [6, 6.07) is 20.0. The van der Waals surface area contributed by atoms with Crippen LogP contribution in [0, 0.1) is 0 Å². The Labute approximate surface area is 148 Å². The normalized spacial score (nSPS) is 11.6. The first-order chi connectivity index (χ1) is 12.3. The maximum Gasteiger partial charge on any atom is 0.225 e. The first kappa shape index (κ1) is 16.8. The predicted molar refractivity (Wildman–Crippen MR) is 101 cm³/mol. The van der Waals surface area contributed by atoms with Crippen molar-refractivity contribution in [2.24, 2.45) is 0 Å². The fourth-order valence-corrected chi connectivity index (χ4v) is 2.51. The molecule has 0 aliphatic rings. The average Bonchev–Trinajstić information content (AvgIpc) is 2.65. The van der Waals surface area contributed by atoms with Gasteiger partial charge >= 0.3 is 0 Å². The molecule has 0 spiro atoms. The lowest BCUT2D eigenvalue weighted by Gasteiger charge is -2.15. The van der Waals surface area contributed by atoms with Gasteiger partial charge in [0.1, 0.15) is 11.6 Å². The average molecular weight is 334 g/mol. The van der Waals surface area contributed by atoms with Gasteiger partial charge in [-0.1, -0.05) is 42.5 Å². The molecule has 0 bridgehead atoms. The van der Waals surface area contributed by atoms with Gasteiger partial charge < -0.3 is 15.4 Å². The molecule has 1 atom stereocenters. The summed E-state index contributed by atoms with van der Waals surface area (Å²) < 4.78 is 5.64. The van der Waals surface area contributed by atoms with Gasteiger partial charge in [0, 0.05) is 6.20 Å². The molecule has 0 saturated heterocycles. The van der Waals surface area contributed by atoms with Crippen molar-refractivity contribution in [3.8, 4) is 5.75 Å². The number of nitrogens with zero attached hydrogens (tertiary/aromatic N) is 2. The van der Waals surface area contributed by atoms with Crippen molar-refractivity contribution in [3.63, 3.8) is 0 Å². The second kappa shape index (κ2) is 8.15. The Morgan fingerprint density at radius 3 is 2.56 bits per heavy atom. The van der Waals surface area contributed by atoms with Crippen LogP contribution in [0.15, 0.2) is 66.9 Å². The number of anilines is 3. The molecule has 3 aromatic rings. The molecule has 3 rings (SSSR count). The van der Waals surface area contributed by atoms with Crippen LogP contribution < -0.4 is 15.4 Å². The third kappa shape index (κ3) is 4.47. The molecule has 1 heterocycles. The molecule has 5 heteroatoms. The van der Waals surface area contributed by atoms with Crippen LogP contribution in [-0.4, -0.2) is 16.6 Å². The number of para-hydroxylation sites is 2. The third-order valence-electron chi connectivity index (χ3n) is 3.75. The zero-order valence-electron chi connectivity index (χ0n) is 14.4. The van der Waals surface area contributed by atoms with Gasteiger partial charge in [-0.3, -0.25) is 0 Å². The highest BCUT2D eigenvalue weighted by Crippen LogP contribution is 2.27. The van der Waals surface area contributed by atoms with Gasteiger partial charge in [-0.2, -0.15) is 4.98 Å². The minimum absolute atomic E-state index is 0.118. The smallest absolute Gasteiger partial charge is 0.225 e. The summed E-state index contributed by atoms with van der Waals surface area (Å²) in [7, 11) is 0. The Morgan fingerprint density at radius 1 is 1.00 bits per heavy atom. The van der Waals surface area contributed by atoms with Gasteiger partial charge in [0.25, 0.3) is 0 Å². The maximum atomic E-state index is 5.64. The number of aromatic nitrogens is 2. The van der Waals surface area contributed by atoms with Gasteiger partial charge in [0.2, 0.25) is 5.95 Å². The largest absolute Gasteiger partial charge is 0.492 e. The van der Waals surface area contributed by atoms with Crippen LogP contribution in [0.5, 0.6) is 5.75 Å². The molecule has 1 aromatic heterocycles. The van der Waals surface area contributed by atoms with E-state index in [1.54, 1.807) is 6.20 Å². The van der Waals surface area contributed by atoms with Gasteiger partial charge in [-0.25, -0.2) is 4.98 Å². The Balaban J connectivity index is 1.74. The predicted octanol–water partition coefficient (Wildman–Crippen LogP) is 4.79. The molecular weight excluding hydrogens is 312 g/mol. The van der Waals surface area contributed by atoms with Crippen molar-refractivity contribution in [3.05, 3.63) is 72.4 Å². The molecule has 0 amide bonds. The van der Waals surface area contributed by atoms with Crippen molar-refractivity contribution in [1.82, 2.24) is 9.97 Å². The number of ether oxygens (including phenoxy) is 1. The summed E-state index contributed by atoms with van der Waals surface area (Å²) in [6.07, 6.45) is 1.73. The molecule has 25 heavy (non-hydrogen) atoms. The third-order valence-corrected chi connectivity index (χ3v) is 3.75. The van der Waals surface area contributed by atoms with E-state index in [1.807, 2.05) is 55.5 Å². The fraction of sp³-hybridized carbons (Fsp3) is 0.200. The molecule has 0 saturated carbocycles. The lowest BCUT2D eigenvalue weighted by molar-refractivity contribution is 0.342. The highest BCUT2D eigenvalue weighted by Gasteiger charge is 2.08. The highest BCUT2D eigenvalue weighted by atomic mass is 16.5. The number of benzene rings is 2. The van der Waals surface area contributed by atoms with Crippen molar-refractivity contribution in [2.45, 2.75) is 19.9 Å². The van der Waals surface area contributed by atoms with Crippen molar-refractivity contribution >= 4 is 17.5 Å². The van der Waals surface area contributed by atoms with E-state index >= 15 is 0 Å². The van der Waals surface area contributed by atoms with E-state index in [2.05, 4.69) is 39.7 Å². The van der Waals surface area contributed by atoms with Crippen LogP contribution in [0.1, 0.15) is 25.5 Å². The zero-order chi connectivity index (χ0) is 17.5. The molecule has 128 valence electrons. The molecule has 2 aromatic carbocycles. The van der Waals surface area contributed by atoms with E-state index in [-0.39, 0.29) is 6.04 Å². The Hall–Kier alpha value is -3.08. The van der Waals surface area contributed by atoms with Crippen LogP contribution in [0.25, 0.3) is 0 Å². The molecule has 0 aliphatic heterocycles. The molecule has 1 unspecified atom stereocenters. The maximum absolute atomic E-state index is 5.64. The van der Waals surface area contributed by atoms with Gasteiger partial charge in [-0.05, 0) is 37.6 Å². The summed E-state index contributed by atoms with van der Waals surface area (Å²) in [5.41, 5.74) is 2.07. The standard InChI is InChI=1S/C20H22N4O/c1-3-25-18-12-8-7-11-17(18)23-19-13-14-21-20(24-19)22-15(2)16-9-5-4-6-10-16/h4-15H,3H2,1-2H3,(H2,21,22,23,24). The first-order valence-electron chi connectivity index (χ1n) is 8.39. The van der Waals surface area contributed by atoms with E-state index in [9.17, 15) is 0 Å². The van der Waals surface area contributed by atoms with Crippen LogP contribution in [0.3, 0.4) is 0 Å². The molecule has 5 nitrogen and oxygen atoms in total. The van der Waals surface area contributed by atoms with E-state index in [1.165, 1.54) is 5.56 Å². The first-order valence-corrected chi connectivity index (χ1v) is 8.39. The van der Waals surface area contributed by atoms with Crippen LogP contribution in [0.2, 0.25) is 0 Å². The highest BCUT2D eigenvalue weighted by molar-refractivity contribution is 5.64. The van der Waals surface area contributed by atoms with Crippen molar-refractivity contribution in [1.29, 1.82) is 0 Å². The quantitative estimate of drug-likeness (QED) is 0.650. The number of rotatable bonds is 7. The van der Waals surface area contributed by atoms with Gasteiger partial charge in [-0.15, -0.1) is 0 Å². The fourth-order valence-electron chi connectivity index (χ4n) is 2.51.